The minimum Gasteiger partial charge on any atom is -0.385 e. The van der Waals surface area contributed by atoms with Crippen molar-refractivity contribution in [3.05, 3.63) is 35.9 Å². The van der Waals surface area contributed by atoms with Crippen molar-refractivity contribution >= 4 is 15.8 Å². The fourth-order valence-electron chi connectivity index (χ4n) is 1.37. The summed E-state index contributed by atoms with van der Waals surface area (Å²) in [5.74, 6) is -0.283. The molecule has 0 atom stereocenters. The summed E-state index contributed by atoms with van der Waals surface area (Å²) in [4.78, 5) is 11.7. The third-order valence-corrected chi connectivity index (χ3v) is 3.72. The molecular weight excluding hydrogens is 254 g/mol. The molecule has 6 heteroatoms. The first kappa shape index (κ1) is 14.8. The Morgan fingerprint density at radius 2 is 1.94 bits per heavy atom. The van der Waals surface area contributed by atoms with Crippen molar-refractivity contribution in [2.75, 3.05) is 26.0 Å². The van der Waals surface area contributed by atoms with Gasteiger partial charge >= 0.3 is 0 Å². The molecule has 0 aliphatic rings. The van der Waals surface area contributed by atoms with E-state index >= 15 is 0 Å². The smallest absolute Gasteiger partial charge is 0.212 e. The standard InChI is InChI=1S/C12H17NO4S/c1-17-8-5-9-18(15,16)13-10-12(14)11-6-3-2-4-7-11/h2-4,6-7,13H,5,8-10H2,1H3. The number of Topliss-reactive ketones (excluding diaryl/α,β-unsaturated/α-hetero) is 1. The topological polar surface area (TPSA) is 72.5 Å². The normalized spacial score (nSPS) is 11.4. The number of nitrogens with one attached hydrogen (secondary N) is 1. The maximum atomic E-state index is 11.7. The second-order valence-electron chi connectivity index (χ2n) is 3.78. The van der Waals surface area contributed by atoms with Crippen LogP contribution in [0.2, 0.25) is 0 Å². The highest BCUT2D eigenvalue weighted by Gasteiger charge is 2.12. The Bertz CT molecular complexity index is 470. The lowest BCUT2D eigenvalue weighted by Gasteiger charge is -2.05. The zero-order chi connectivity index (χ0) is 13.4. The predicted molar refractivity (Wildman–Crippen MR) is 69.1 cm³/mol. The van der Waals surface area contributed by atoms with Gasteiger partial charge in [-0.2, -0.15) is 0 Å². The van der Waals surface area contributed by atoms with Crippen LogP contribution in [0.25, 0.3) is 0 Å². The van der Waals surface area contributed by atoms with Gasteiger partial charge in [0, 0.05) is 19.3 Å². The summed E-state index contributed by atoms with van der Waals surface area (Å²) < 4.78 is 30.1. The van der Waals surface area contributed by atoms with Gasteiger partial charge in [0.05, 0.1) is 12.3 Å². The fraction of sp³-hybridized carbons (Fsp3) is 0.417. The average molecular weight is 271 g/mol. The van der Waals surface area contributed by atoms with E-state index in [1.54, 1.807) is 30.3 Å². The van der Waals surface area contributed by atoms with Crippen LogP contribution < -0.4 is 4.72 Å². The highest BCUT2D eigenvalue weighted by molar-refractivity contribution is 7.89. The first-order chi connectivity index (χ1) is 8.55. The van der Waals surface area contributed by atoms with Crippen molar-refractivity contribution in [3.8, 4) is 0 Å². The Morgan fingerprint density at radius 1 is 1.28 bits per heavy atom. The molecule has 0 unspecified atom stereocenters. The molecule has 0 aliphatic heterocycles. The molecule has 0 spiro atoms. The molecule has 0 bridgehead atoms. The SMILES string of the molecule is COCCCS(=O)(=O)NCC(=O)c1ccccc1. The number of carbonyl (C=O) groups is 1. The lowest BCUT2D eigenvalue weighted by Crippen LogP contribution is -2.31. The average Bonchev–Trinajstić information content (AvgIpc) is 2.37. The molecule has 100 valence electrons. The van der Waals surface area contributed by atoms with E-state index in [4.69, 9.17) is 4.74 Å². The molecule has 0 radical (unpaired) electrons. The van der Waals surface area contributed by atoms with Crippen molar-refractivity contribution in [1.29, 1.82) is 0 Å². The number of sulfonamides is 1. The zero-order valence-corrected chi connectivity index (χ0v) is 11.1. The summed E-state index contributed by atoms with van der Waals surface area (Å²) >= 11 is 0. The van der Waals surface area contributed by atoms with Gasteiger partial charge in [0.1, 0.15) is 0 Å². The molecule has 5 nitrogen and oxygen atoms in total. The van der Waals surface area contributed by atoms with Gasteiger partial charge in [-0.3, -0.25) is 4.79 Å². The number of rotatable bonds is 8. The maximum absolute atomic E-state index is 11.7. The Morgan fingerprint density at radius 3 is 2.56 bits per heavy atom. The van der Waals surface area contributed by atoms with Gasteiger partial charge in [-0.05, 0) is 6.42 Å². The summed E-state index contributed by atoms with van der Waals surface area (Å²) in [7, 11) is -1.89. The van der Waals surface area contributed by atoms with Crippen LogP contribution in [0.5, 0.6) is 0 Å². The molecule has 1 aromatic carbocycles. The maximum Gasteiger partial charge on any atom is 0.212 e. The molecule has 0 saturated carbocycles. The van der Waals surface area contributed by atoms with Crippen molar-refractivity contribution in [1.82, 2.24) is 4.72 Å². The van der Waals surface area contributed by atoms with Gasteiger partial charge < -0.3 is 4.74 Å². The molecule has 1 aromatic rings. The largest absolute Gasteiger partial charge is 0.385 e. The summed E-state index contributed by atoms with van der Waals surface area (Å²) in [5.41, 5.74) is 0.497. The van der Waals surface area contributed by atoms with Crippen LogP contribution in [-0.2, 0) is 14.8 Å². The molecule has 0 amide bonds. The van der Waals surface area contributed by atoms with Crippen LogP contribution in [0.4, 0.5) is 0 Å². The van der Waals surface area contributed by atoms with Crippen LogP contribution in [0.1, 0.15) is 16.8 Å². The second-order valence-corrected chi connectivity index (χ2v) is 5.70. The van der Waals surface area contributed by atoms with E-state index in [1.165, 1.54) is 7.11 Å². The Labute approximate surface area is 107 Å². The molecule has 18 heavy (non-hydrogen) atoms. The number of hydrogen-bond acceptors (Lipinski definition) is 4. The fourth-order valence-corrected chi connectivity index (χ4v) is 2.36. The van der Waals surface area contributed by atoms with Gasteiger partial charge in [-0.15, -0.1) is 0 Å². The lowest BCUT2D eigenvalue weighted by molar-refractivity contribution is 0.0997. The van der Waals surface area contributed by atoms with Crippen LogP contribution in [0.15, 0.2) is 30.3 Å². The third kappa shape index (κ3) is 5.39. The number of ketones is 1. The molecule has 1 rings (SSSR count). The number of methoxy groups -OCH3 is 1. The first-order valence-corrected chi connectivity index (χ1v) is 7.25. The zero-order valence-electron chi connectivity index (χ0n) is 10.3. The van der Waals surface area contributed by atoms with Crippen LogP contribution in [0.3, 0.4) is 0 Å². The molecule has 0 saturated heterocycles. The van der Waals surface area contributed by atoms with Crippen LogP contribution >= 0.6 is 0 Å². The van der Waals surface area contributed by atoms with E-state index in [-0.39, 0.29) is 18.1 Å². The van der Waals surface area contributed by atoms with Gasteiger partial charge in [-0.1, -0.05) is 30.3 Å². The number of benzene rings is 1. The molecule has 0 heterocycles. The van der Waals surface area contributed by atoms with Gasteiger partial charge in [-0.25, -0.2) is 13.1 Å². The van der Waals surface area contributed by atoms with Gasteiger partial charge in [0.15, 0.2) is 5.78 Å². The lowest BCUT2D eigenvalue weighted by atomic mass is 10.1. The second kappa shape index (κ2) is 7.25. The van der Waals surface area contributed by atoms with Crippen molar-refractivity contribution in [2.45, 2.75) is 6.42 Å². The molecule has 0 aliphatic carbocycles. The van der Waals surface area contributed by atoms with E-state index in [9.17, 15) is 13.2 Å². The third-order valence-electron chi connectivity index (χ3n) is 2.31. The molecule has 0 aromatic heterocycles. The predicted octanol–water partition coefficient (Wildman–Crippen LogP) is 0.825. The van der Waals surface area contributed by atoms with E-state index < -0.39 is 10.0 Å². The summed E-state index contributed by atoms with van der Waals surface area (Å²) in [6, 6.07) is 8.58. The Hall–Kier alpha value is -1.24. The minimum atomic E-state index is -3.41. The number of carbonyl (C=O) groups excluding carboxylic acids is 1. The molecular formula is C12H17NO4S. The highest BCUT2D eigenvalue weighted by atomic mass is 32.2. The van der Waals surface area contributed by atoms with Crippen LogP contribution in [0, 0.1) is 0 Å². The molecule has 1 N–H and O–H groups in total. The summed E-state index contributed by atoms with van der Waals surface area (Å²) in [6.07, 6.45) is 0.408. The van der Waals surface area contributed by atoms with Crippen molar-refractivity contribution in [3.63, 3.8) is 0 Å². The Kier molecular flexibility index (Phi) is 5.97. The van der Waals surface area contributed by atoms with Crippen molar-refractivity contribution in [2.24, 2.45) is 0 Å². The van der Waals surface area contributed by atoms with Crippen LogP contribution in [-0.4, -0.2) is 40.2 Å². The number of ether oxygens (including phenoxy) is 1. The van der Waals surface area contributed by atoms with Gasteiger partial charge in [0.25, 0.3) is 0 Å². The first-order valence-electron chi connectivity index (χ1n) is 5.59. The van der Waals surface area contributed by atoms with E-state index in [2.05, 4.69) is 4.72 Å². The summed E-state index contributed by atoms with van der Waals surface area (Å²) in [5, 5.41) is 0. The monoisotopic (exact) mass is 271 g/mol. The van der Waals surface area contributed by atoms with Gasteiger partial charge in [0.2, 0.25) is 10.0 Å². The van der Waals surface area contributed by atoms with E-state index in [1.807, 2.05) is 0 Å². The van der Waals surface area contributed by atoms with E-state index in [0.29, 0.717) is 18.6 Å². The Balaban J connectivity index is 2.43. The summed E-state index contributed by atoms with van der Waals surface area (Å²) in [6.45, 7) is 0.173. The highest BCUT2D eigenvalue weighted by Crippen LogP contribution is 1.99. The van der Waals surface area contributed by atoms with E-state index in [0.717, 1.165) is 0 Å². The molecule has 0 fully saturated rings. The number of hydrogen-bond donors (Lipinski definition) is 1. The van der Waals surface area contributed by atoms with Crippen molar-refractivity contribution < 1.29 is 17.9 Å². The minimum absolute atomic E-state index is 0.0388. The quantitative estimate of drug-likeness (QED) is 0.561.